The van der Waals surface area contributed by atoms with Crippen LogP contribution in [-0.2, 0) is 0 Å². The summed E-state index contributed by atoms with van der Waals surface area (Å²) in [5, 5.41) is 11.5. The molecule has 2 nitrogen and oxygen atoms in total. The van der Waals surface area contributed by atoms with Crippen molar-refractivity contribution in [3.8, 4) is 11.1 Å². The zero-order valence-electron chi connectivity index (χ0n) is 11.1. The average molecular weight is 318 g/mol. The second-order valence-corrected chi connectivity index (χ2v) is 5.58. The summed E-state index contributed by atoms with van der Waals surface area (Å²) in [6.45, 7) is 0. The van der Waals surface area contributed by atoms with Crippen LogP contribution in [0.1, 0.15) is 17.2 Å². The van der Waals surface area contributed by atoms with Crippen LogP contribution in [0.5, 0.6) is 0 Å². The van der Waals surface area contributed by atoms with Crippen LogP contribution in [0, 0.1) is 0 Å². The van der Waals surface area contributed by atoms with Crippen molar-refractivity contribution in [3.63, 3.8) is 0 Å². The number of hydrogen-bond donors (Lipinski definition) is 2. The van der Waals surface area contributed by atoms with Crippen molar-refractivity contribution < 1.29 is 5.11 Å². The van der Waals surface area contributed by atoms with E-state index in [-0.39, 0.29) is 0 Å². The lowest BCUT2D eigenvalue weighted by Crippen LogP contribution is -2.00. The number of aliphatic hydroxyl groups excluding tert-OH is 1. The summed E-state index contributed by atoms with van der Waals surface area (Å²) in [6, 6.07) is 15.1. The Morgan fingerprint density at radius 3 is 2.38 bits per heavy atom. The monoisotopic (exact) mass is 317 g/mol. The Bertz CT molecular complexity index is 752. The van der Waals surface area contributed by atoms with Gasteiger partial charge in [-0.15, -0.1) is 0 Å². The van der Waals surface area contributed by atoms with Gasteiger partial charge in [-0.05, 0) is 23.3 Å². The molecule has 0 fully saturated rings. The molecule has 0 spiro atoms. The number of H-pyrrole nitrogens is 1. The molecule has 0 aliphatic rings. The second-order valence-electron chi connectivity index (χ2n) is 4.77. The minimum absolute atomic E-state index is 0.435. The van der Waals surface area contributed by atoms with Gasteiger partial charge in [0.2, 0.25) is 0 Å². The van der Waals surface area contributed by atoms with Crippen molar-refractivity contribution in [1.29, 1.82) is 0 Å². The highest BCUT2D eigenvalue weighted by Gasteiger charge is 2.17. The largest absolute Gasteiger partial charge is 0.384 e. The zero-order chi connectivity index (χ0) is 14.8. The Labute approximate surface area is 133 Å². The summed E-state index contributed by atoms with van der Waals surface area (Å²) >= 11 is 11.9. The number of rotatable bonds is 3. The SMILES string of the molecule is OC(c1ccc(Cl)c(Cl)c1)c1c[nH]cc1-c1ccccc1. The Morgan fingerprint density at radius 2 is 1.67 bits per heavy atom. The Hall–Kier alpha value is -1.74. The molecule has 0 aliphatic heterocycles. The van der Waals surface area contributed by atoms with E-state index < -0.39 is 6.10 Å². The molecule has 0 aliphatic carbocycles. The third-order valence-electron chi connectivity index (χ3n) is 3.42. The summed E-state index contributed by atoms with van der Waals surface area (Å²) in [7, 11) is 0. The molecular weight excluding hydrogens is 305 g/mol. The number of aromatic nitrogens is 1. The lowest BCUT2D eigenvalue weighted by molar-refractivity contribution is 0.221. The third kappa shape index (κ3) is 2.84. The predicted octanol–water partition coefficient (Wildman–Crippen LogP) is 5.07. The minimum atomic E-state index is -0.763. The van der Waals surface area contributed by atoms with Crippen LogP contribution >= 0.6 is 23.2 Å². The van der Waals surface area contributed by atoms with Crippen molar-refractivity contribution in [2.24, 2.45) is 0 Å². The normalized spacial score (nSPS) is 12.3. The molecule has 1 unspecified atom stereocenters. The van der Waals surface area contributed by atoms with Crippen LogP contribution in [0.3, 0.4) is 0 Å². The highest BCUT2D eigenvalue weighted by atomic mass is 35.5. The van der Waals surface area contributed by atoms with E-state index in [9.17, 15) is 5.11 Å². The Morgan fingerprint density at radius 1 is 0.905 bits per heavy atom. The van der Waals surface area contributed by atoms with Crippen LogP contribution in [0.15, 0.2) is 60.9 Å². The van der Waals surface area contributed by atoms with Crippen molar-refractivity contribution in [1.82, 2.24) is 4.98 Å². The number of aliphatic hydroxyl groups is 1. The number of halogens is 2. The molecule has 0 bridgehead atoms. The maximum Gasteiger partial charge on any atom is 0.106 e. The molecule has 0 saturated carbocycles. The zero-order valence-corrected chi connectivity index (χ0v) is 12.6. The predicted molar refractivity (Wildman–Crippen MR) is 86.8 cm³/mol. The van der Waals surface area contributed by atoms with E-state index in [0.29, 0.717) is 15.6 Å². The molecular formula is C17H13Cl2NO. The summed E-state index contributed by atoms with van der Waals surface area (Å²) in [4.78, 5) is 3.05. The first-order valence-corrected chi connectivity index (χ1v) is 7.27. The number of benzene rings is 2. The van der Waals surface area contributed by atoms with E-state index in [2.05, 4.69) is 4.98 Å². The topological polar surface area (TPSA) is 36.0 Å². The van der Waals surface area contributed by atoms with Gasteiger partial charge in [-0.25, -0.2) is 0 Å². The van der Waals surface area contributed by atoms with E-state index >= 15 is 0 Å². The van der Waals surface area contributed by atoms with Crippen molar-refractivity contribution in [2.45, 2.75) is 6.10 Å². The van der Waals surface area contributed by atoms with Crippen LogP contribution < -0.4 is 0 Å². The summed E-state index contributed by atoms with van der Waals surface area (Å²) < 4.78 is 0. The van der Waals surface area contributed by atoms with Crippen molar-refractivity contribution in [2.75, 3.05) is 0 Å². The highest BCUT2D eigenvalue weighted by Crippen LogP contribution is 2.33. The Kier molecular flexibility index (Phi) is 4.02. The van der Waals surface area contributed by atoms with Gasteiger partial charge in [-0.3, -0.25) is 0 Å². The molecule has 0 radical (unpaired) electrons. The van der Waals surface area contributed by atoms with Gasteiger partial charge >= 0.3 is 0 Å². The molecule has 2 aromatic carbocycles. The van der Waals surface area contributed by atoms with Gasteiger partial charge in [0, 0.05) is 23.5 Å². The Balaban J connectivity index is 2.01. The number of aromatic amines is 1. The molecule has 1 aromatic heterocycles. The lowest BCUT2D eigenvalue weighted by atomic mass is 9.97. The molecule has 0 amide bonds. The molecule has 21 heavy (non-hydrogen) atoms. The van der Waals surface area contributed by atoms with Crippen molar-refractivity contribution >= 4 is 23.2 Å². The van der Waals surface area contributed by atoms with Gasteiger partial charge in [-0.2, -0.15) is 0 Å². The number of hydrogen-bond acceptors (Lipinski definition) is 1. The standard InChI is InChI=1S/C17H13Cl2NO/c18-15-7-6-12(8-16(15)19)17(21)14-10-20-9-13(14)11-4-2-1-3-5-11/h1-10,17,20-21H. The van der Waals surface area contributed by atoms with Crippen molar-refractivity contribution in [3.05, 3.63) is 82.1 Å². The van der Waals surface area contributed by atoms with Gasteiger partial charge in [0.05, 0.1) is 10.0 Å². The summed E-state index contributed by atoms with van der Waals surface area (Å²) in [5.74, 6) is 0. The quantitative estimate of drug-likeness (QED) is 0.695. The van der Waals surface area contributed by atoms with E-state index in [1.54, 1.807) is 24.4 Å². The average Bonchev–Trinajstić information content (AvgIpc) is 2.99. The van der Waals surface area contributed by atoms with Gasteiger partial charge < -0.3 is 10.1 Å². The van der Waals surface area contributed by atoms with E-state index in [0.717, 1.165) is 16.7 Å². The molecule has 106 valence electrons. The molecule has 3 rings (SSSR count). The van der Waals surface area contributed by atoms with Crippen LogP contribution in [-0.4, -0.2) is 10.1 Å². The fraction of sp³-hybridized carbons (Fsp3) is 0.0588. The fourth-order valence-corrected chi connectivity index (χ4v) is 2.64. The molecule has 1 atom stereocenters. The fourth-order valence-electron chi connectivity index (χ4n) is 2.33. The first-order valence-electron chi connectivity index (χ1n) is 6.52. The van der Waals surface area contributed by atoms with Crippen LogP contribution in [0.4, 0.5) is 0 Å². The highest BCUT2D eigenvalue weighted by molar-refractivity contribution is 6.42. The summed E-state index contributed by atoms with van der Waals surface area (Å²) in [5.41, 5.74) is 3.53. The molecule has 2 N–H and O–H groups in total. The first-order chi connectivity index (χ1) is 10.2. The molecule has 4 heteroatoms. The maximum atomic E-state index is 10.6. The van der Waals surface area contributed by atoms with E-state index in [4.69, 9.17) is 23.2 Å². The summed E-state index contributed by atoms with van der Waals surface area (Å²) in [6.07, 6.45) is 2.92. The molecule has 3 aromatic rings. The maximum absolute atomic E-state index is 10.6. The second kappa shape index (κ2) is 5.94. The third-order valence-corrected chi connectivity index (χ3v) is 4.16. The smallest absolute Gasteiger partial charge is 0.106 e. The number of nitrogens with one attached hydrogen (secondary N) is 1. The first kappa shape index (κ1) is 14.2. The van der Waals surface area contributed by atoms with E-state index in [1.165, 1.54) is 0 Å². The van der Waals surface area contributed by atoms with Gasteiger partial charge in [0.25, 0.3) is 0 Å². The molecule has 1 heterocycles. The van der Waals surface area contributed by atoms with Gasteiger partial charge in [-0.1, -0.05) is 59.6 Å². The van der Waals surface area contributed by atoms with Gasteiger partial charge in [0.15, 0.2) is 0 Å². The van der Waals surface area contributed by atoms with Crippen LogP contribution in [0.25, 0.3) is 11.1 Å². The van der Waals surface area contributed by atoms with E-state index in [1.807, 2.05) is 36.5 Å². The van der Waals surface area contributed by atoms with Crippen LogP contribution in [0.2, 0.25) is 10.0 Å². The molecule has 0 saturated heterocycles. The minimum Gasteiger partial charge on any atom is -0.384 e. The van der Waals surface area contributed by atoms with Gasteiger partial charge in [0.1, 0.15) is 6.10 Å². The lowest BCUT2D eigenvalue weighted by Gasteiger charge is -2.13.